The van der Waals surface area contributed by atoms with Gasteiger partial charge in [0.15, 0.2) is 10.8 Å². The van der Waals surface area contributed by atoms with E-state index in [9.17, 15) is 10.0 Å². The number of pyridine rings is 1. The van der Waals surface area contributed by atoms with Crippen LogP contribution in [0.3, 0.4) is 0 Å². The molecule has 8 nitrogen and oxygen atoms in total. The Morgan fingerprint density at radius 3 is 3.27 bits per heavy atom. The molecule has 2 aromatic rings. The lowest BCUT2D eigenvalue weighted by atomic mass is 10.1. The maximum Gasteiger partial charge on any atom is 0.234 e. The summed E-state index contributed by atoms with van der Waals surface area (Å²) in [6, 6.07) is 1.80. The third kappa shape index (κ3) is 2.19. The second-order valence-electron chi connectivity index (χ2n) is 4.80. The maximum atomic E-state index is 11.7. The lowest BCUT2D eigenvalue weighted by Gasteiger charge is -2.20. The van der Waals surface area contributed by atoms with Crippen molar-refractivity contribution in [2.24, 2.45) is 0 Å². The number of rotatable bonds is 1. The van der Waals surface area contributed by atoms with Gasteiger partial charge in [-0.3, -0.25) is 9.78 Å². The number of hydrogen-bond acceptors (Lipinski definition) is 7. The number of nitrogens with zero attached hydrogens (tertiary/aromatic N) is 3. The molecule has 0 spiro atoms. The van der Waals surface area contributed by atoms with Gasteiger partial charge in [-0.15, -0.1) is 0 Å². The van der Waals surface area contributed by atoms with Crippen LogP contribution in [-0.4, -0.2) is 34.9 Å². The fourth-order valence-electron chi connectivity index (χ4n) is 2.37. The van der Waals surface area contributed by atoms with Gasteiger partial charge in [0.25, 0.3) is 0 Å². The van der Waals surface area contributed by atoms with Crippen molar-refractivity contribution in [2.45, 2.75) is 5.03 Å². The summed E-state index contributed by atoms with van der Waals surface area (Å²) in [6.07, 6.45) is 2.92. The van der Waals surface area contributed by atoms with Crippen LogP contribution in [0.25, 0.3) is 11.3 Å². The monoisotopic (exact) mass is 317 g/mol. The van der Waals surface area contributed by atoms with Gasteiger partial charge in [0.05, 0.1) is 34.6 Å². The molecule has 0 saturated heterocycles. The average molecular weight is 317 g/mol. The van der Waals surface area contributed by atoms with E-state index in [4.69, 9.17) is 4.74 Å². The van der Waals surface area contributed by atoms with Crippen molar-refractivity contribution >= 4 is 29.0 Å². The molecular weight excluding hydrogens is 306 g/mol. The molecule has 112 valence electrons. The second-order valence-corrected chi connectivity index (χ2v) is 5.77. The largest absolute Gasteiger partial charge is 0.594 e. The quantitative estimate of drug-likeness (QED) is 0.587. The van der Waals surface area contributed by atoms with Crippen LogP contribution in [0.15, 0.2) is 23.5 Å². The zero-order chi connectivity index (χ0) is 15.1. The SMILES string of the molecule is O=C1CSc2n[n+]([O-])cc(-c3cc4c(cn3)OCCN4)c2N1. The Bertz CT molecular complexity index is 783. The van der Waals surface area contributed by atoms with E-state index in [-0.39, 0.29) is 11.7 Å². The van der Waals surface area contributed by atoms with Gasteiger partial charge in [-0.25, -0.2) is 0 Å². The normalized spacial score (nSPS) is 15.9. The molecule has 2 aliphatic heterocycles. The van der Waals surface area contributed by atoms with Crippen LogP contribution in [0.4, 0.5) is 11.4 Å². The smallest absolute Gasteiger partial charge is 0.234 e. The molecule has 4 rings (SSSR count). The number of ether oxygens (including phenoxy) is 1. The number of thioether (sulfide) groups is 1. The molecule has 9 heteroatoms. The predicted octanol–water partition coefficient (Wildman–Crippen LogP) is 0.625. The molecule has 0 unspecified atom stereocenters. The average Bonchev–Trinajstić information content (AvgIpc) is 2.54. The van der Waals surface area contributed by atoms with E-state index in [0.717, 1.165) is 5.69 Å². The zero-order valence-corrected chi connectivity index (χ0v) is 12.1. The third-order valence-electron chi connectivity index (χ3n) is 3.33. The Balaban J connectivity index is 1.85. The Morgan fingerprint density at radius 1 is 1.45 bits per heavy atom. The summed E-state index contributed by atoms with van der Waals surface area (Å²) in [5, 5.41) is 22.1. The number of anilines is 2. The summed E-state index contributed by atoms with van der Waals surface area (Å²) >= 11 is 1.24. The number of aromatic nitrogens is 3. The first-order valence-electron chi connectivity index (χ1n) is 6.65. The first-order valence-corrected chi connectivity index (χ1v) is 7.63. The van der Waals surface area contributed by atoms with Gasteiger partial charge < -0.3 is 20.6 Å². The van der Waals surface area contributed by atoms with E-state index in [2.05, 4.69) is 20.7 Å². The molecule has 0 radical (unpaired) electrons. The number of carbonyl (C=O) groups is 1. The molecule has 0 fully saturated rings. The van der Waals surface area contributed by atoms with Gasteiger partial charge >= 0.3 is 0 Å². The van der Waals surface area contributed by atoms with Gasteiger partial charge in [0, 0.05) is 11.6 Å². The van der Waals surface area contributed by atoms with Crippen molar-refractivity contribution in [3.8, 4) is 17.0 Å². The Kier molecular flexibility index (Phi) is 3.00. The number of hydrogen-bond donors (Lipinski definition) is 2. The molecule has 0 atom stereocenters. The number of carbonyl (C=O) groups excluding carboxylic acids is 1. The highest BCUT2D eigenvalue weighted by Crippen LogP contribution is 2.38. The highest BCUT2D eigenvalue weighted by molar-refractivity contribution is 8.00. The lowest BCUT2D eigenvalue weighted by molar-refractivity contribution is -0.672. The van der Waals surface area contributed by atoms with E-state index < -0.39 is 0 Å². The first kappa shape index (κ1) is 13.1. The van der Waals surface area contributed by atoms with Gasteiger partial charge in [-0.2, -0.15) is 0 Å². The van der Waals surface area contributed by atoms with Crippen LogP contribution in [0.5, 0.6) is 5.75 Å². The van der Waals surface area contributed by atoms with Gasteiger partial charge in [-0.05, 0) is 6.07 Å². The summed E-state index contributed by atoms with van der Waals surface area (Å²) < 4.78 is 5.49. The number of nitrogens with one attached hydrogen (secondary N) is 2. The molecule has 0 bridgehead atoms. The lowest BCUT2D eigenvalue weighted by Crippen LogP contribution is -2.34. The molecular formula is C13H11N5O3S. The molecule has 22 heavy (non-hydrogen) atoms. The number of fused-ring (bicyclic) bond motifs is 2. The van der Waals surface area contributed by atoms with Crippen LogP contribution in [0.1, 0.15) is 0 Å². The molecule has 2 aromatic heterocycles. The summed E-state index contributed by atoms with van der Waals surface area (Å²) in [5.74, 6) is 0.797. The van der Waals surface area contributed by atoms with Crippen LogP contribution in [0, 0.1) is 5.21 Å². The standard InChI is InChI=1S/C13H11N5O3S/c19-11-6-22-13-12(16-11)7(5-18(20)17-13)8-3-9-10(4-15-8)21-2-1-14-9/h3-5,14H,1-2,6H2,(H,16,19). The van der Waals surface area contributed by atoms with Crippen molar-refractivity contribution < 1.29 is 14.4 Å². The summed E-state index contributed by atoms with van der Waals surface area (Å²) in [6.45, 7) is 1.30. The van der Waals surface area contributed by atoms with E-state index >= 15 is 0 Å². The fraction of sp³-hybridized carbons (Fsp3) is 0.231. The fourth-order valence-corrected chi connectivity index (χ4v) is 3.16. The molecule has 2 aliphatic rings. The molecule has 1 amide bonds. The molecule has 0 saturated carbocycles. The molecule has 4 heterocycles. The highest BCUT2D eigenvalue weighted by atomic mass is 32.2. The number of amides is 1. The summed E-state index contributed by atoms with van der Waals surface area (Å²) in [5.41, 5.74) is 2.45. The van der Waals surface area contributed by atoms with Crippen molar-refractivity contribution in [2.75, 3.05) is 29.5 Å². The van der Waals surface area contributed by atoms with E-state index in [1.54, 1.807) is 12.3 Å². The van der Waals surface area contributed by atoms with Crippen molar-refractivity contribution in [3.63, 3.8) is 0 Å². The molecule has 2 N–H and O–H groups in total. The van der Waals surface area contributed by atoms with Gasteiger partial charge in [-0.1, -0.05) is 16.6 Å². The van der Waals surface area contributed by atoms with Crippen molar-refractivity contribution in [1.29, 1.82) is 0 Å². The first-order chi connectivity index (χ1) is 10.7. The van der Waals surface area contributed by atoms with Gasteiger partial charge in [0.1, 0.15) is 6.61 Å². The van der Waals surface area contributed by atoms with Gasteiger partial charge in [0.2, 0.25) is 12.1 Å². The topological polar surface area (TPSA) is 103 Å². The van der Waals surface area contributed by atoms with Crippen LogP contribution >= 0.6 is 11.8 Å². The van der Waals surface area contributed by atoms with E-state index in [1.165, 1.54) is 18.0 Å². The van der Waals surface area contributed by atoms with Crippen molar-refractivity contribution in [3.05, 3.63) is 23.7 Å². The minimum absolute atomic E-state index is 0.122. The second kappa shape index (κ2) is 5.02. The van der Waals surface area contributed by atoms with Crippen LogP contribution in [-0.2, 0) is 4.79 Å². The molecule has 0 aliphatic carbocycles. The van der Waals surface area contributed by atoms with Crippen LogP contribution < -0.4 is 20.2 Å². The minimum atomic E-state index is -0.122. The van der Waals surface area contributed by atoms with E-state index in [1.807, 2.05) is 0 Å². The Labute approximate surface area is 129 Å². The predicted molar refractivity (Wildman–Crippen MR) is 79.8 cm³/mol. The van der Waals surface area contributed by atoms with Crippen molar-refractivity contribution in [1.82, 2.24) is 10.1 Å². The Morgan fingerprint density at radius 2 is 2.36 bits per heavy atom. The minimum Gasteiger partial charge on any atom is -0.594 e. The molecule has 0 aromatic carbocycles. The van der Waals surface area contributed by atoms with Crippen LogP contribution in [0.2, 0.25) is 0 Å². The zero-order valence-electron chi connectivity index (χ0n) is 11.3. The van der Waals surface area contributed by atoms with E-state index in [0.29, 0.717) is 45.7 Å². The summed E-state index contributed by atoms with van der Waals surface area (Å²) in [7, 11) is 0. The Hall–Kier alpha value is -2.55. The maximum absolute atomic E-state index is 11.7. The third-order valence-corrected chi connectivity index (χ3v) is 4.30. The summed E-state index contributed by atoms with van der Waals surface area (Å²) in [4.78, 5) is 16.5. The highest BCUT2D eigenvalue weighted by Gasteiger charge is 2.26.